The van der Waals surface area contributed by atoms with Gasteiger partial charge in [-0.25, -0.2) is 10.2 Å². The van der Waals surface area contributed by atoms with Crippen LogP contribution in [0, 0.1) is 13.8 Å². The molecule has 2 rings (SSSR count). The van der Waals surface area contributed by atoms with Gasteiger partial charge in [-0.15, -0.1) is 0 Å². The number of hydrogen-bond acceptors (Lipinski definition) is 4. The summed E-state index contributed by atoms with van der Waals surface area (Å²) in [7, 11) is 0. The molecule has 6 heteroatoms. The van der Waals surface area contributed by atoms with Gasteiger partial charge in [0, 0.05) is 0 Å². The summed E-state index contributed by atoms with van der Waals surface area (Å²) in [6.45, 7) is 3.80. The molecule has 0 saturated heterocycles. The predicted molar refractivity (Wildman–Crippen MR) is 89.3 cm³/mol. The number of ether oxygens (including phenoxy) is 2. The Hall–Kier alpha value is -3.02. The average Bonchev–Trinajstić information content (AvgIpc) is 2.58. The molecule has 0 aliphatic rings. The van der Waals surface area contributed by atoms with E-state index < -0.39 is 12.0 Å². The zero-order valence-corrected chi connectivity index (χ0v) is 13.7. The zero-order valence-electron chi connectivity index (χ0n) is 13.7. The van der Waals surface area contributed by atoms with E-state index in [0.29, 0.717) is 5.75 Å². The van der Waals surface area contributed by atoms with Crippen LogP contribution in [0.2, 0.25) is 0 Å². The number of aryl methyl sites for hydroxylation is 2. The van der Waals surface area contributed by atoms with E-state index in [1.807, 2.05) is 56.3 Å². The number of benzene rings is 2. The maximum absolute atomic E-state index is 11.7. The van der Waals surface area contributed by atoms with Crippen LogP contribution in [0.15, 0.2) is 48.5 Å². The van der Waals surface area contributed by atoms with Crippen molar-refractivity contribution in [1.29, 1.82) is 0 Å². The van der Waals surface area contributed by atoms with Crippen LogP contribution in [0.1, 0.15) is 16.7 Å². The number of hydrazine groups is 1. The second-order valence-electron chi connectivity index (χ2n) is 5.29. The number of nitrogens with one attached hydrogen (secondary N) is 2. The fraction of sp³-hybridized carbons (Fsp3) is 0.222. The molecule has 0 aliphatic heterocycles. The van der Waals surface area contributed by atoms with Crippen LogP contribution >= 0.6 is 0 Å². The van der Waals surface area contributed by atoms with E-state index in [9.17, 15) is 9.59 Å². The van der Waals surface area contributed by atoms with Crippen molar-refractivity contribution < 1.29 is 19.1 Å². The first-order valence-corrected chi connectivity index (χ1v) is 7.50. The van der Waals surface area contributed by atoms with Crippen LogP contribution in [0.25, 0.3) is 0 Å². The highest BCUT2D eigenvalue weighted by Crippen LogP contribution is 2.18. The number of hydrogen-bond donors (Lipinski definition) is 2. The van der Waals surface area contributed by atoms with Gasteiger partial charge in [0.15, 0.2) is 6.61 Å². The summed E-state index contributed by atoms with van der Waals surface area (Å²) in [6, 6.07) is 14.9. The van der Waals surface area contributed by atoms with Gasteiger partial charge in [0.05, 0.1) is 0 Å². The van der Waals surface area contributed by atoms with Crippen LogP contribution in [0.4, 0.5) is 4.79 Å². The van der Waals surface area contributed by atoms with E-state index in [2.05, 4.69) is 10.9 Å². The third kappa shape index (κ3) is 5.64. The van der Waals surface area contributed by atoms with E-state index in [4.69, 9.17) is 9.47 Å². The molecule has 0 saturated carbocycles. The molecular weight excluding hydrogens is 308 g/mol. The first-order valence-electron chi connectivity index (χ1n) is 7.50. The molecule has 0 aliphatic carbocycles. The van der Waals surface area contributed by atoms with Gasteiger partial charge in [0.25, 0.3) is 5.91 Å². The van der Waals surface area contributed by atoms with Gasteiger partial charge in [-0.05, 0) is 31.0 Å². The monoisotopic (exact) mass is 328 g/mol. The van der Waals surface area contributed by atoms with Gasteiger partial charge in [-0.2, -0.15) is 0 Å². The van der Waals surface area contributed by atoms with Crippen LogP contribution in [-0.2, 0) is 16.1 Å². The molecule has 0 bridgehead atoms. The predicted octanol–water partition coefficient (Wildman–Crippen LogP) is 2.64. The van der Waals surface area contributed by atoms with Gasteiger partial charge >= 0.3 is 6.09 Å². The SMILES string of the molecule is Cc1ccc(OCC(=O)NNC(=O)OCc2ccccc2)c(C)c1. The summed E-state index contributed by atoms with van der Waals surface area (Å²) in [4.78, 5) is 23.2. The second kappa shape index (κ2) is 8.57. The molecule has 0 atom stereocenters. The molecule has 2 aromatic carbocycles. The van der Waals surface area contributed by atoms with E-state index in [0.717, 1.165) is 16.7 Å². The molecule has 2 N–H and O–H groups in total. The Bertz CT molecular complexity index is 701. The molecule has 126 valence electrons. The van der Waals surface area contributed by atoms with E-state index in [1.54, 1.807) is 6.07 Å². The molecule has 0 radical (unpaired) electrons. The first kappa shape index (κ1) is 17.3. The summed E-state index contributed by atoms with van der Waals surface area (Å²) in [5.74, 6) is 0.147. The Morgan fingerprint density at radius 1 is 1.00 bits per heavy atom. The summed E-state index contributed by atoms with van der Waals surface area (Å²) in [5.41, 5.74) is 7.32. The minimum atomic E-state index is -0.737. The lowest BCUT2D eigenvalue weighted by molar-refractivity contribution is -0.124. The fourth-order valence-corrected chi connectivity index (χ4v) is 2.02. The highest BCUT2D eigenvalue weighted by Gasteiger charge is 2.07. The van der Waals surface area contributed by atoms with Gasteiger partial charge < -0.3 is 9.47 Å². The normalized spacial score (nSPS) is 9.92. The Kier molecular flexibility index (Phi) is 6.19. The molecule has 2 aromatic rings. The van der Waals surface area contributed by atoms with Crippen molar-refractivity contribution in [3.05, 3.63) is 65.2 Å². The van der Waals surface area contributed by atoms with Crippen molar-refractivity contribution in [2.45, 2.75) is 20.5 Å². The maximum atomic E-state index is 11.7. The number of rotatable bonds is 5. The molecule has 24 heavy (non-hydrogen) atoms. The van der Waals surface area contributed by atoms with Crippen molar-refractivity contribution in [1.82, 2.24) is 10.9 Å². The van der Waals surface area contributed by atoms with Gasteiger partial charge in [0.1, 0.15) is 12.4 Å². The number of carbonyl (C=O) groups excluding carboxylic acids is 2. The standard InChI is InChI=1S/C18H20N2O4/c1-13-8-9-16(14(2)10-13)23-12-17(21)19-20-18(22)24-11-15-6-4-3-5-7-15/h3-10H,11-12H2,1-2H3,(H,19,21)(H,20,22). The molecule has 0 heterocycles. The lowest BCUT2D eigenvalue weighted by Gasteiger charge is -2.11. The molecule has 6 nitrogen and oxygen atoms in total. The van der Waals surface area contributed by atoms with Crippen LogP contribution in [0.5, 0.6) is 5.75 Å². The first-order chi connectivity index (χ1) is 11.5. The summed E-state index contributed by atoms with van der Waals surface area (Å²) < 4.78 is 10.4. The van der Waals surface area contributed by atoms with E-state index in [-0.39, 0.29) is 13.2 Å². The molecule has 0 unspecified atom stereocenters. The van der Waals surface area contributed by atoms with Crippen molar-refractivity contribution in [3.63, 3.8) is 0 Å². The highest BCUT2D eigenvalue weighted by molar-refractivity contribution is 5.80. The van der Waals surface area contributed by atoms with Crippen molar-refractivity contribution in [2.24, 2.45) is 0 Å². The lowest BCUT2D eigenvalue weighted by Crippen LogP contribution is -2.44. The molecule has 0 spiro atoms. The largest absolute Gasteiger partial charge is 0.483 e. The summed E-state index contributed by atoms with van der Waals surface area (Å²) >= 11 is 0. The summed E-state index contributed by atoms with van der Waals surface area (Å²) in [5, 5.41) is 0. The molecular formula is C18H20N2O4. The second-order valence-corrected chi connectivity index (χ2v) is 5.29. The van der Waals surface area contributed by atoms with Crippen molar-refractivity contribution in [3.8, 4) is 5.75 Å². The van der Waals surface area contributed by atoms with Gasteiger partial charge in [-0.1, -0.05) is 48.0 Å². The maximum Gasteiger partial charge on any atom is 0.426 e. The van der Waals surface area contributed by atoms with Gasteiger partial charge in [0.2, 0.25) is 0 Å². The van der Waals surface area contributed by atoms with Crippen molar-refractivity contribution >= 4 is 12.0 Å². The average molecular weight is 328 g/mol. The number of carbonyl (C=O) groups is 2. The Balaban J connectivity index is 1.68. The summed E-state index contributed by atoms with van der Waals surface area (Å²) in [6.07, 6.45) is -0.737. The molecule has 2 amide bonds. The van der Waals surface area contributed by atoms with Crippen LogP contribution in [0.3, 0.4) is 0 Å². The topological polar surface area (TPSA) is 76.7 Å². The molecule has 0 fully saturated rings. The minimum absolute atomic E-state index is 0.127. The van der Waals surface area contributed by atoms with Gasteiger partial charge in [-0.3, -0.25) is 10.2 Å². The number of amides is 2. The van der Waals surface area contributed by atoms with Crippen molar-refractivity contribution in [2.75, 3.05) is 6.61 Å². The van der Waals surface area contributed by atoms with Crippen LogP contribution < -0.4 is 15.6 Å². The lowest BCUT2D eigenvalue weighted by atomic mass is 10.1. The fourth-order valence-electron chi connectivity index (χ4n) is 2.02. The third-order valence-electron chi connectivity index (χ3n) is 3.21. The zero-order chi connectivity index (χ0) is 17.4. The van der Waals surface area contributed by atoms with E-state index >= 15 is 0 Å². The van der Waals surface area contributed by atoms with Crippen LogP contribution in [-0.4, -0.2) is 18.6 Å². The molecule has 0 aromatic heterocycles. The Morgan fingerprint density at radius 3 is 2.46 bits per heavy atom. The smallest absolute Gasteiger partial charge is 0.426 e. The Labute approximate surface area is 140 Å². The van der Waals surface area contributed by atoms with E-state index in [1.165, 1.54) is 0 Å². The highest BCUT2D eigenvalue weighted by atomic mass is 16.6. The third-order valence-corrected chi connectivity index (χ3v) is 3.21. The minimum Gasteiger partial charge on any atom is -0.483 e. The Morgan fingerprint density at radius 2 is 1.75 bits per heavy atom. The quantitative estimate of drug-likeness (QED) is 0.827.